The Bertz CT molecular complexity index is 360. The molecule has 1 fully saturated rings. The maximum absolute atomic E-state index is 10.4. The van der Waals surface area contributed by atoms with Gasteiger partial charge < -0.3 is 5.11 Å². The summed E-state index contributed by atoms with van der Waals surface area (Å²) in [5.74, 6) is 0.637. The van der Waals surface area contributed by atoms with Gasteiger partial charge in [-0.2, -0.15) is 4.80 Å². The van der Waals surface area contributed by atoms with Crippen LogP contribution in [-0.4, -0.2) is 30.9 Å². The highest BCUT2D eigenvalue weighted by Crippen LogP contribution is 2.44. The molecule has 0 aromatic carbocycles. The number of rotatable bonds is 2. The number of hydrogen-bond acceptors (Lipinski definition) is 4. The first-order valence-electron chi connectivity index (χ1n) is 5.34. The van der Waals surface area contributed by atoms with Crippen molar-refractivity contribution in [3.8, 4) is 0 Å². The Morgan fingerprint density at radius 1 is 1.40 bits per heavy atom. The van der Waals surface area contributed by atoms with Crippen LogP contribution in [0, 0.1) is 5.41 Å². The van der Waals surface area contributed by atoms with Gasteiger partial charge in [0.2, 0.25) is 0 Å². The fourth-order valence-electron chi connectivity index (χ4n) is 2.48. The molecular formula is C10H18N4O. The van der Waals surface area contributed by atoms with Crippen molar-refractivity contribution in [1.29, 1.82) is 0 Å². The molecule has 1 aliphatic rings. The summed E-state index contributed by atoms with van der Waals surface area (Å²) in [6.07, 6.45) is 3.23. The van der Waals surface area contributed by atoms with E-state index in [4.69, 9.17) is 0 Å². The Labute approximate surface area is 89.5 Å². The molecule has 5 heteroatoms. The largest absolute Gasteiger partial charge is 0.389 e. The van der Waals surface area contributed by atoms with Crippen LogP contribution < -0.4 is 0 Å². The summed E-state index contributed by atoms with van der Waals surface area (Å²) in [6, 6.07) is 0. The molecule has 5 nitrogen and oxygen atoms in total. The van der Waals surface area contributed by atoms with E-state index in [1.165, 1.54) is 4.80 Å². The molecule has 2 rings (SSSR count). The molecule has 0 spiro atoms. The zero-order valence-electron chi connectivity index (χ0n) is 9.56. The summed E-state index contributed by atoms with van der Waals surface area (Å²) in [7, 11) is 1.74. The van der Waals surface area contributed by atoms with Crippen LogP contribution in [0.25, 0.3) is 0 Å². The minimum atomic E-state index is -0.632. The summed E-state index contributed by atoms with van der Waals surface area (Å²) in [4.78, 5) is 1.43. The minimum Gasteiger partial charge on any atom is -0.389 e. The topological polar surface area (TPSA) is 63.8 Å². The fraction of sp³-hybridized carbons (Fsp3) is 0.900. The van der Waals surface area contributed by atoms with E-state index in [1.54, 1.807) is 7.05 Å². The van der Waals surface area contributed by atoms with Gasteiger partial charge in [-0.15, -0.1) is 10.2 Å². The lowest BCUT2D eigenvalue weighted by Gasteiger charge is -2.23. The molecule has 84 valence electrons. The van der Waals surface area contributed by atoms with E-state index >= 15 is 0 Å². The van der Waals surface area contributed by atoms with E-state index in [-0.39, 0.29) is 5.41 Å². The van der Waals surface area contributed by atoms with E-state index in [1.807, 2.05) is 0 Å². The van der Waals surface area contributed by atoms with Crippen LogP contribution in [0.4, 0.5) is 0 Å². The average Bonchev–Trinajstić information content (AvgIpc) is 2.57. The smallest absolute Gasteiger partial charge is 0.177 e. The van der Waals surface area contributed by atoms with E-state index < -0.39 is 5.60 Å². The quantitative estimate of drug-likeness (QED) is 0.780. The fourth-order valence-corrected chi connectivity index (χ4v) is 2.48. The molecule has 1 saturated carbocycles. The van der Waals surface area contributed by atoms with Crippen LogP contribution in [-0.2, 0) is 13.5 Å². The summed E-state index contributed by atoms with van der Waals surface area (Å²) in [6.45, 7) is 4.38. The van der Waals surface area contributed by atoms with Crippen LogP contribution in [0.1, 0.15) is 38.9 Å². The average molecular weight is 210 g/mol. The highest BCUT2D eigenvalue weighted by atomic mass is 16.3. The van der Waals surface area contributed by atoms with E-state index in [0.717, 1.165) is 19.3 Å². The first kappa shape index (κ1) is 10.5. The highest BCUT2D eigenvalue weighted by Gasteiger charge is 2.42. The first-order chi connectivity index (χ1) is 6.89. The lowest BCUT2D eigenvalue weighted by atomic mass is 9.88. The van der Waals surface area contributed by atoms with Crippen LogP contribution >= 0.6 is 0 Å². The van der Waals surface area contributed by atoms with Crippen molar-refractivity contribution in [1.82, 2.24) is 20.2 Å². The van der Waals surface area contributed by atoms with E-state index in [9.17, 15) is 5.11 Å². The maximum Gasteiger partial charge on any atom is 0.177 e. The summed E-state index contributed by atoms with van der Waals surface area (Å²) >= 11 is 0. The second kappa shape index (κ2) is 3.27. The lowest BCUT2D eigenvalue weighted by molar-refractivity contribution is 0.0359. The molecule has 1 aromatic heterocycles. The Balaban J connectivity index is 2.06. The van der Waals surface area contributed by atoms with Crippen LogP contribution in [0.5, 0.6) is 0 Å². The van der Waals surface area contributed by atoms with Crippen molar-refractivity contribution in [2.75, 3.05) is 0 Å². The van der Waals surface area contributed by atoms with Gasteiger partial charge in [0.1, 0.15) is 0 Å². The van der Waals surface area contributed by atoms with E-state index in [2.05, 4.69) is 29.3 Å². The van der Waals surface area contributed by atoms with Gasteiger partial charge in [-0.1, -0.05) is 13.8 Å². The van der Waals surface area contributed by atoms with Crippen LogP contribution in [0.3, 0.4) is 0 Å². The number of tetrazole rings is 1. The number of aliphatic hydroxyl groups is 1. The van der Waals surface area contributed by atoms with Crippen molar-refractivity contribution in [3.05, 3.63) is 5.82 Å². The number of hydrogen-bond donors (Lipinski definition) is 1. The first-order valence-corrected chi connectivity index (χ1v) is 5.34. The molecule has 1 N–H and O–H groups in total. The molecule has 0 saturated heterocycles. The van der Waals surface area contributed by atoms with Crippen molar-refractivity contribution in [2.24, 2.45) is 12.5 Å². The number of aryl methyl sites for hydroxylation is 1. The molecule has 1 heterocycles. The monoisotopic (exact) mass is 210 g/mol. The molecule has 1 aromatic rings. The Kier molecular flexibility index (Phi) is 2.30. The van der Waals surface area contributed by atoms with Crippen molar-refractivity contribution < 1.29 is 5.11 Å². The minimum absolute atomic E-state index is 0.233. The highest BCUT2D eigenvalue weighted by molar-refractivity contribution is 4.99. The SMILES string of the molecule is Cn1nnc(CC2(O)CCC(C)(C)C2)n1. The predicted octanol–water partition coefficient (Wildman–Crippen LogP) is 0.694. The third-order valence-corrected chi connectivity index (χ3v) is 3.11. The van der Waals surface area contributed by atoms with Crippen molar-refractivity contribution in [3.63, 3.8) is 0 Å². The Morgan fingerprint density at radius 2 is 2.13 bits per heavy atom. The molecule has 15 heavy (non-hydrogen) atoms. The van der Waals surface area contributed by atoms with Crippen molar-refractivity contribution >= 4 is 0 Å². The molecule has 1 atom stereocenters. The third kappa shape index (κ3) is 2.34. The molecule has 0 amide bonds. The summed E-state index contributed by atoms with van der Waals surface area (Å²) < 4.78 is 0. The van der Waals surface area contributed by atoms with Gasteiger partial charge in [0, 0.05) is 6.42 Å². The molecule has 1 unspecified atom stereocenters. The molecule has 0 bridgehead atoms. The zero-order chi connectivity index (χ0) is 11.1. The maximum atomic E-state index is 10.4. The molecule has 0 aliphatic heterocycles. The van der Waals surface area contributed by atoms with Gasteiger partial charge in [-0.3, -0.25) is 0 Å². The standard InChI is InChI=1S/C10H18N4O/c1-9(2)4-5-10(15,7-9)6-8-11-13-14(3)12-8/h15H,4-7H2,1-3H3. The Hall–Kier alpha value is -0.970. The second-order valence-electron chi connectivity index (χ2n) is 5.44. The third-order valence-electron chi connectivity index (χ3n) is 3.11. The predicted molar refractivity (Wildman–Crippen MR) is 55.1 cm³/mol. The van der Waals surface area contributed by atoms with Gasteiger partial charge in [0.05, 0.1) is 12.6 Å². The summed E-state index contributed by atoms with van der Waals surface area (Å²) in [5.41, 5.74) is -0.399. The molecular weight excluding hydrogens is 192 g/mol. The van der Waals surface area contributed by atoms with Gasteiger partial charge in [0.15, 0.2) is 5.82 Å². The lowest BCUT2D eigenvalue weighted by Crippen LogP contribution is -2.29. The zero-order valence-corrected chi connectivity index (χ0v) is 9.56. The van der Waals surface area contributed by atoms with Gasteiger partial charge in [0.25, 0.3) is 0 Å². The second-order valence-corrected chi connectivity index (χ2v) is 5.44. The van der Waals surface area contributed by atoms with Crippen molar-refractivity contribution in [2.45, 2.75) is 45.1 Å². The van der Waals surface area contributed by atoms with Crippen LogP contribution in [0.15, 0.2) is 0 Å². The Morgan fingerprint density at radius 3 is 2.60 bits per heavy atom. The summed E-state index contributed by atoms with van der Waals surface area (Å²) in [5, 5.41) is 22.2. The normalized spacial score (nSPS) is 29.6. The van der Waals surface area contributed by atoms with Gasteiger partial charge >= 0.3 is 0 Å². The van der Waals surface area contributed by atoms with Crippen LogP contribution in [0.2, 0.25) is 0 Å². The van der Waals surface area contributed by atoms with Gasteiger partial charge in [-0.05, 0) is 29.9 Å². The van der Waals surface area contributed by atoms with Gasteiger partial charge in [-0.25, -0.2) is 0 Å². The van der Waals surface area contributed by atoms with E-state index in [0.29, 0.717) is 12.2 Å². The molecule has 0 radical (unpaired) electrons. The number of nitrogens with zero attached hydrogens (tertiary/aromatic N) is 4. The number of aromatic nitrogens is 4. The molecule has 1 aliphatic carbocycles.